The van der Waals surface area contributed by atoms with E-state index in [0.29, 0.717) is 17.5 Å². The van der Waals surface area contributed by atoms with E-state index >= 15 is 0 Å². The maximum absolute atomic E-state index is 5.19. The molecule has 0 N–H and O–H groups in total. The van der Waals surface area contributed by atoms with Crippen LogP contribution in [-0.2, 0) is 0 Å². The van der Waals surface area contributed by atoms with E-state index in [0.717, 1.165) is 71.2 Å². The molecule has 0 bridgehead atoms. The molecule has 0 aliphatic carbocycles. The number of pyridine rings is 2. The molecule has 8 heteroatoms. The smallest absolute Gasteiger partial charge is 0.165 e. The van der Waals surface area contributed by atoms with E-state index in [1.165, 1.54) is 32.1 Å². The molecule has 5 aromatic heterocycles. The van der Waals surface area contributed by atoms with Crippen LogP contribution in [0.3, 0.4) is 0 Å². The van der Waals surface area contributed by atoms with Crippen LogP contribution < -0.4 is 0 Å². The van der Waals surface area contributed by atoms with Crippen LogP contribution in [0.2, 0.25) is 0 Å². The lowest BCUT2D eigenvalue weighted by atomic mass is 10.1. The molecule has 7 aromatic carbocycles. The molecular weight excluding hydrogens is 743 g/mol. The zero-order valence-corrected chi connectivity index (χ0v) is 32.1. The van der Waals surface area contributed by atoms with E-state index in [2.05, 4.69) is 172 Å². The Hall–Kier alpha value is -7.68. The Balaban J connectivity index is 1.02. The summed E-state index contributed by atoms with van der Waals surface area (Å²) in [5, 5.41) is 8.07. The molecule has 0 amide bonds. The largest absolute Gasteiger partial charge is 0.295 e. The van der Waals surface area contributed by atoms with E-state index < -0.39 is 0 Å². The van der Waals surface area contributed by atoms with Crippen molar-refractivity contribution in [3.05, 3.63) is 176 Å². The molecule has 0 saturated heterocycles. The lowest BCUT2D eigenvalue weighted by Crippen LogP contribution is -2.06. The molecule has 0 atom stereocenters. The molecule has 0 saturated carbocycles. The third-order valence-corrected chi connectivity index (χ3v) is 12.7. The summed E-state index contributed by atoms with van der Waals surface area (Å²) in [5.41, 5.74) is 10.2. The van der Waals surface area contributed by atoms with Gasteiger partial charge in [0.1, 0.15) is 5.65 Å². The van der Waals surface area contributed by atoms with Crippen molar-refractivity contribution in [2.75, 3.05) is 0 Å². The molecule has 0 unspecified atom stereocenters. The SMILES string of the molecule is c1ccc(-n2c3ccccc3c3c4cccc5c4n(c32)-c2ccc(-c3nc(-c4ccc6ccccc6c4)nc(-c4cnc6c(ccc7cccnc76)c4)n3)cc2S5)cc1. The third kappa shape index (κ3) is 4.87. The Morgan fingerprint density at radius 1 is 0.441 bits per heavy atom. The van der Waals surface area contributed by atoms with Crippen LogP contribution in [0.25, 0.3) is 111 Å². The fraction of sp³-hybridized carbons (Fsp3) is 0. The van der Waals surface area contributed by atoms with Gasteiger partial charge in [0.2, 0.25) is 0 Å². The minimum Gasteiger partial charge on any atom is -0.295 e. The van der Waals surface area contributed by atoms with E-state index in [1.807, 2.05) is 18.5 Å². The molecular formula is C51H29N7S. The average Bonchev–Trinajstić information content (AvgIpc) is 3.82. The van der Waals surface area contributed by atoms with Crippen LogP contribution in [0.1, 0.15) is 0 Å². The Morgan fingerprint density at radius 2 is 1.12 bits per heavy atom. The van der Waals surface area contributed by atoms with Crippen LogP contribution in [0.5, 0.6) is 0 Å². The van der Waals surface area contributed by atoms with Gasteiger partial charge in [0, 0.05) is 71.5 Å². The molecule has 1 aliphatic heterocycles. The van der Waals surface area contributed by atoms with Gasteiger partial charge in [0.15, 0.2) is 17.5 Å². The highest BCUT2D eigenvalue weighted by Crippen LogP contribution is 2.50. The van der Waals surface area contributed by atoms with Crippen molar-refractivity contribution >= 4 is 77.2 Å². The first-order valence-corrected chi connectivity index (χ1v) is 20.4. The summed E-state index contributed by atoms with van der Waals surface area (Å²) in [6.07, 6.45) is 3.67. The van der Waals surface area contributed by atoms with Crippen LogP contribution in [0.4, 0.5) is 0 Å². The number of para-hydroxylation sites is 3. The van der Waals surface area contributed by atoms with Gasteiger partial charge in [-0.3, -0.25) is 19.1 Å². The van der Waals surface area contributed by atoms with Gasteiger partial charge in [-0.25, -0.2) is 15.0 Å². The molecule has 12 aromatic rings. The summed E-state index contributed by atoms with van der Waals surface area (Å²) in [7, 11) is 0. The number of rotatable bonds is 4. The second kappa shape index (κ2) is 12.4. The van der Waals surface area contributed by atoms with E-state index in [-0.39, 0.29) is 0 Å². The third-order valence-electron chi connectivity index (χ3n) is 11.6. The van der Waals surface area contributed by atoms with Gasteiger partial charge in [-0.2, -0.15) is 0 Å². The highest BCUT2D eigenvalue weighted by atomic mass is 32.2. The molecule has 7 nitrogen and oxygen atoms in total. The first-order chi connectivity index (χ1) is 29.2. The Bertz CT molecular complexity index is 3720. The number of fused-ring (bicyclic) bond motifs is 11. The lowest BCUT2D eigenvalue weighted by Gasteiger charge is -2.22. The summed E-state index contributed by atoms with van der Waals surface area (Å²) >= 11 is 1.80. The van der Waals surface area contributed by atoms with Gasteiger partial charge in [0.05, 0.1) is 27.8 Å². The highest BCUT2D eigenvalue weighted by Gasteiger charge is 2.28. The van der Waals surface area contributed by atoms with Crippen molar-refractivity contribution in [3.63, 3.8) is 0 Å². The van der Waals surface area contributed by atoms with Crippen molar-refractivity contribution in [1.82, 2.24) is 34.1 Å². The number of nitrogens with zero attached hydrogens (tertiary/aromatic N) is 7. The molecule has 0 fully saturated rings. The Kier molecular flexibility index (Phi) is 6.82. The summed E-state index contributed by atoms with van der Waals surface area (Å²) in [6, 6.07) is 57.8. The maximum Gasteiger partial charge on any atom is 0.165 e. The minimum absolute atomic E-state index is 0.561. The first kappa shape index (κ1) is 32.4. The maximum atomic E-state index is 5.19. The molecule has 0 radical (unpaired) electrons. The molecule has 274 valence electrons. The van der Waals surface area contributed by atoms with Crippen molar-refractivity contribution in [2.45, 2.75) is 9.79 Å². The first-order valence-electron chi connectivity index (χ1n) is 19.6. The van der Waals surface area contributed by atoms with Crippen molar-refractivity contribution in [3.8, 4) is 45.5 Å². The highest BCUT2D eigenvalue weighted by molar-refractivity contribution is 7.99. The van der Waals surface area contributed by atoms with Gasteiger partial charge in [0.25, 0.3) is 0 Å². The summed E-state index contributed by atoms with van der Waals surface area (Å²) < 4.78 is 4.87. The fourth-order valence-corrected chi connectivity index (χ4v) is 10.0. The van der Waals surface area contributed by atoms with E-state index in [4.69, 9.17) is 19.9 Å². The number of hydrogen-bond donors (Lipinski definition) is 0. The van der Waals surface area contributed by atoms with Crippen molar-refractivity contribution < 1.29 is 0 Å². The molecule has 1 aliphatic rings. The van der Waals surface area contributed by atoms with Crippen LogP contribution in [-0.4, -0.2) is 34.1 Å². The normalized spacial score (nSPS) is 12.3. The van der Waals surface area contributed by atoms with Gasteiger partial charge in [-0.1, -0.05) is 115 Å². The number of benzene rings is 7. The zero-order chi connectivity index (χ0) is 38.6. The van der Waals surface area contributed by atoms with Gasteiger partial charge in [-0.15, -0.1) is 0 Å². The predicted molar refractivity (Wildman–Crippen MR) is 240 cm³/mol. The standard InChI is InChI=1S/C51H29N7S/c1-2-13-37(14-3-1)57-40-17-7-6-15-38(40)44-39-16-8-18-42-47(39)58(51(44)57)41-24-23-35(28-43(41)59-42)49-54-48(34-22-19-30-10-4-5-11-32(30)26-34)55-50(56-49)36-27-33-21-20-31-12-9-25-52-45(31)46(33)53-29-36/h1-29H. The van der Waals surface area contributed by atoms with Gasteiger partial charge in [-0.05, 0) is 71.4 Å². The zero-order valence-electron chi connectivity index (χ0n) is 31.3. The average molecular weight is 772 g/mol. The molecule has 59 heavy (non-hydrogen) atoms. The predicted octanol–water partition coefficient (Wildman–Crippen LogP) is 12.6. The summed E-state index contributed by atoms with van der Waals surface area (Å²) in [4.78, 5) is 27.4. The number of aromatic nitrogens is 7. The van der Waals surface area contributed by atoms with Crippen LogP contribution >= 0.6 is 11.8 Å². The topological polar surface area (TPSA) is 74.3 Å². The van der Waals surface area contributed by atoms with Crippen molar-refractivity contribution in [2.24, 2.45) is 0 Å². The van der Waals surface area contributed by atoms with Crippen LogP contribution in [0.15, 0.2) is 186 Å². The Morgan fingerprint density at radius 3 is 2.02 bits per heavy atom. The Labute approximate surface area is 341 Å². The van der Waals surface area contributed by atoms with Gasteiger partial charge < -0.3 is 0 Å². The van der Waals surface area contributed by atoms with Crippen molar-refractivity contribution in [1.29, 1.82) is 0 Å². The summed E-state index contributed by atoms with van der Waals surface area (Å²) in [5.74, 6) is 1.76. The molecule has 0 spiro atoms. The van der Waals surface area contributed by atoms with Crippen LogP contribution in [0, 0.1) is 0 Å². The second-order valence-corrected chi connectivity index (χ2v) is 16.0. The van der Waals surface area contributed by atoms with Gasteiger partial charge >= 0.3 is 0 Å². The molecule has 13 rings (SSSR count). The molecule has 6 heterocycles. The number of hydrogen-bond acceptors (Lipinski definition) is 6. The minimum atomic E-state index is 0.561. The monoisotopic (exact) mass is 771 g/mol. The fourth-order valence-electron chi connectivity index (χ4n) is 8.91. The van der Waals surface area contributed by atoms with E-state index in [9.17, 15) is 0 Å². The quantitative estimate of drug-likeness (QED) is 0.166. The van der Waals surface area contributed by atoms with E-state index in [1.54, 1.807) is 11.8 Å². The second-order valence-electron chi connectivity index (χ2n) is 15.0. The lowest BCUT2D eigenvalue weighted by molar-refractivity contribution is 1.02. The summed E-state index contributed by atoms with van der Waals surface area (Å²) in [6.45, 7) is 0.